The number of amides is 2. The Morgan fingerprint density at radius 3 is 2.89 bits per heavy atom. The van der Waals surface area contributed by atoms with Crippen molar-refractivity contribution in [1.29, 1.82) is 0 Å². The molecule has 1 fully saturated rings. The highest BCUT2D eigenvalue weighted by molar-refractivity contribution is 5.94. The number of ether oxygens (including phenoxy) is 1. The lowest BCUT2D eigenvalue weighted by molar-refractivity contribution is -0.139. The van der Waals surface area contributed by atoms with Crippen LogP contribution in [-0.2, 0) is 16.1 Å². The molecular weight excluding hydrogens is 356 g/mol. The second-order valence-electron chi connectivity index (χ2n) is 7.05. The van der Waals surface area contributed by atoms with Gasteiger partial charge >= 0.3 is 0 Å². The summed E-state index contributed by atoms with van der Waals surface area (Å²) in [5.74, 6) is -0.0962. The van der Waals surface area contributed by atoms with Gasteiger partial charge in [0, 0.05) is 62.6 Å². The summed E-state index contributed by atoms with van der Waals surface area (Å²) in [5, 5.41) is 0. The number of likely N-dealkylation sites (tertiary alicyclic amines) is 1. The molecule has 1 saturated heterocycles. The minimum Gasteiger partial charge on any atom is -0.375 e. The van der Waals surface area contributed by atoms with E-state index in [1.165, 1.54) is 7.11 Å². The van der Waals surface area contributed by atoms with Crippen LogP contribution in [0.1, 0.15) is 34.5 Å². The zero-order valence-electron chi connectivity index (χ0n) is 16.4. The zero-order valence-corrected chi connectivity index (χ0v) is 16.4. The van der Waals surface area contributed by atoms with Crippen molar-refractivity contribution in [3.8, 4) is 0 Å². The molecule has 2 aromatic rings. The molecule has 0 aromatic carbocycles. The number of carbonyl (C=O) groups is 2. The molecule has 1 aliphatic heterocycles. The molecule has 0 N–H and O–H groups in total. The highest BCUT2D eigenvalue weighted by Gasteiger charge is 2.31. The van der Waals surface area contributed by atoms with Crippen LogP contribution in [0.4, 0.5) is 0 Å². The van der Waals surface area contributed by atoms with E-state index in [-0.39, 0.29) is 24.5 Å². The smallest absolute Gasteiger partial charge is 0.254 e. The molecule has 2 aromatic heterocycles. The van der Waals surface area contributed by atoms with E-state index in [0.29, 0.717) is 25.2 Å². The van der Waals surface area contributed by atoms with E-state index in [1.54, 1.807) is 30.7 Å². The maximum absolute atomic E-state index is 12.9. The van der Waals surface area contributed by atoms with Gasteiger partial charge in [0.2, 0.25) is 5.91 Å². The van der Waals surface area contributed by atoms with Crippen LogP contribution in [0.3, 0.4) is 0 Å². The van der Waals surface area contributed by atoms with Crippen molar-refractivity contribution < 1.29 is 14.3 Å². The number of hydrogen-bond donors (Lipinski definition) is 0. The van der Waals surface area contributed by atoms with E-state index in [2.05, 4.69) is 9.97 Å². The number of piperidine rings is 1. The molecule has 0 radical (unpaired) electrons. The first-order chi connectivity index (χ1) is 13.6. The Labute approximate surface area is 165 Å². The van der Waals surface area contributed by atoms with Gasteiger partial charge in [0.15, 0.2) is 0 Å². The predicted octanol–water partition coefficient (Wildman–Crippen LogP) is 2.06. The van der Waals surface area contributed by atoms with Gasteiger partial charge in [-0.25, -0.2) is 0 Å². The largest absolute Gasteiger partial charge is 0.375 e. The Morgan fingerprint density at radius 2 is 2.18 bits per heavy atom. The lowest BCUT2D eigenvalue weighted by Gasteiger charge is -2.39. The summed E-state index contributed by atoms with van der Waals surface area (Å²) in [6.45, 7) is 3.55. The van der Waals surface area contributed by atoms with Crippen molar-refractivity contribution in [3.05, 3.63) is 59.7 Å². The third-order valence-corrected chi connectivity index (χ3v) is 4.93. The molecule has 1 atom stereocenters. The Balaban J connectivity index is 1.76. The predicted molar refractivity (Wildman–Crippen MR) is 105 cm³/mol. The molecule has 0 aliphatic carbocycles. The van der Waals surface area contributed by atoms with Crippen molar-refractivity contribution in [1.82, 2.24) is 19.8 Å². The molecule has 1 unspecified atom stereocenters. The number of hydrogen-bond acceptors (Lipinski definition) is 5. The second kappa shape index (κ2) is 9.41. The third-order valence-electron chi connectivity index (χ3n) is 4.93. The molecule has 3 rings (SSSR count). The molecule has 3 heterocycles. The fourth-order valence-electron chi connectivity index (χ4n) is 3.57. The number of methoxy groups -OCH3 is 1. The molecule has 7 nitrogen and oxygen atoms in total. The molecule has 7 heteroatoms. The summed E-state index contributed by atoms with van der Waals surface area (Å²) in [6, 6.07) is 7.30. The van der Waals surface area contributed by atoms with Crippen LogP contribution in [0.25, 0.3) is 0 Å². The van der Waals surface area contributed by atoms with E-state index in [9.17, 15) is 9.59 Å². The van der Waals surface area contributed by atoms with Gasteiger partial charge in [-0.05, 0) is 43.5 Å². The number of nitrogens with zero attached hydrogens (tertiary/aromatic N) is 4. The molecule has 28 heavy (non-hydrogen) atoms. The van der Waals surface area contributed by atoms with E-state index < -0.39 is 0 Å². The van der Waals surface area contributed by atoms with E-state index in [0.717, 1.165) is 24.1 Å². The maximum atomic E-state index is 12.9. The van der Waals surface area contributed by atoms with E-state index >= 15 is 0 Å². The summed E-state index contributed by atoms with van der Waals surface area (Å²) < 4.78 is 5.08. The van der Waals surface area contributed by atoms with Crippen molar-refractivity contribution in [3.63, 3.8) is 0 Å². The van der Waals surface area contributed by atoms with Gasteiger partial charge in [0.1, 0.15) is 6.61 Å². The average Bonchev–Trinajstić information content (AvgIpc) is 2.72. The maximum Gasteiger partial charge on any atom is 0.254 e. The van der Waals surface area contributed by atoms with Crippen LogP contribution in [-0.4, -0.2) is 64.4 Å². The monoisotopic (exact) mass is 382 g/mol. The quantitative estimate of drug-likeness (QED) is 0.764. The Morgan fingerprint density at radius 1 is 1.32 bits per heavy atom. The number of rotatable bonds is 6. The van der Waals surface area contributed by atoms with Crippen molar-refractivity contribution in [2.45, 2.75) is 32.4 Å². The van der Waals surface area contributed by atoms with Crippen LogP contribution in [0.5, 0.6) is 0 Å². The summed E-state index contributed by atoms with van der Waals surface area (Å²) in [5.41, 5.74) is 2.41. The van der Waals surface area contributed by atoms with Gasteiger partial charge in [-0.2, -0.15) is 0 Å². The summed E-state index contributed by atoms with van der Waals surface area (Å²) in [4.78, 5) is 37.6. The van der Waals surface area contributed by atoms with Crippen LogP contribution in [0.2, 0.25) is 0 Å². The van der Waals surface area contributed by atoms with Gasteiger partial charge < -0.3 is 14.5 Å². The first-order valence-electron chi connectivity index (χ1n) is 9.47. The minimum absolute atomic E-state index is 0.0179. The summed E-state index contributed by atoms with van der Waals surface area (Å²) in [7, 11) is 1.52. The third kappa shape index (κ3) is 4.92. The normalized spacial score (nSPS) is 16.6. The van der Waals surface area contributed by atoms with Crippen molar-refractivity contribution >= 4 is 11.8 Å². The van der Waals surface area contributed by atoms with Gasteiger partial charge in [0.25, 0.3) is 5.91 Å². The van der Waals surface area contributed by atoms with Crippen molar-refractivity contribution in [2.75, 3.05) is 26.8 Å². The molecule has 0 bridgehead atoms. The first kappa shape index (κ1) is 19.9. The van der Waals surface area contributed by atoms with Gasteiger partial charge in [0.05, 0.1) is 0 Å². The van der Waals surface area contributed by atoms with Gasteiger partial charge in [-0.1, -0.05) is 6.07 Å². The summed E-state index contributed by atoms with van der Waals surface area (Å²) in [6.07, 6.45) is 6.83. The highest BCUT2D eigenvalue weighted by Crippen LogP contribution is 2.20. The average molecular weight is 382 g/mol. The topological polar surface area (TPSA) is 75.6 Å². The number of aryl methyl sites for hydroxylation is 1. The lowest BCUT2D eigenvalue weighted by atomic mass is 10.0. The van der Waals surface area contributed by atoms with Crippen LogP contribution in [0, 0.1) is 6.92 Å². The van der Waals surface area contributed by atoms with E-state index in [4.69, 9.17) is 4.74 Å². The number of pyridine rings is 2. The Bertz CT molecular complexity index is 812. The molecule has 0 saturated carbocycles. The van der Waals surface area contributed by atoms with Gasteiger partial charge in [-0.15, -0.1) is 0 Å². The number of aromatic nitrogens is 2. The zero-order chi connectivity index (χ0) is 19.9. The molecule has 1 aliphatic rings. The summed E-state index contributed by atoms with van der Waals surface area (Å²) >= 11 is 0. The Hall–Kier alpha value is -2.80. The van der Waals surface area contributed by atoms with Crippen molar-refractivity contribution in [2.24, 2.45) is 0 Å². The molecule has 2 amide bonds. The Kier molecular flexibility index (Phi) is 6.71. The lowest BCUT2D eigenvalue weighted by Crippen LogP contribution is -2.52. The fourth-order valence-corrected chi connectivity index (χ4v) is 3.57. The molecule has 0 spiro atoms. The van der Waals surface area contributed by atoms with Crippen LogP contribution in [0.15, 0.2) is 42.9 Å². The van der Waals surface area contributed by atoms with E-state index in [1.807, 2.05) is 28.9 Å². The standard InChI is InChI=1S/C21H26N4O3/c1-16-11-18(7-9-23-16)21(27)24-10-4-6-19(14-24)25(20(26)15-28-2)13-17-5-3-8-22-12-17/h3,5,7-9,11-12,19H,4,6,10,13-15H2,1-2H3. The molecule has 148 valence electrons. The highest BCUT2D eigenvalue weighted by atomic mass is 16.5. The number of carbonyl (C=O) groups excluding carboxylic acids is 2. The first-order valence-corrected chi connectivity index (χ1v) is 9.47. The molecular formula is C21H26N4O3. The minimum atomic E-state index is -0.0783. The van der Waals surface area contributed by atoms with Crippen LogP contribution < -0.4 is 0 Å². The second-order valence-corrected chi connectivity index (χ2v) is 7.05. The SMILES string of the molecule is COCC(=O)N(Cc1cccnc1)C1CCCN(C(=O)c2ccnc(C)c2)C1. The van der Waals surface area contributed by atoms with Crippen LogP contribution >= 0.6 is 0 Å². The van der Waals surface area contributed by atoms with Gasteiger partial charge in [-0.3, -0.25) is 19.6 Å². The fraction of sp³-hybridized carbons (Fsp3) is 0.429.